The lowest BCUT2D eigenvalue weighted by Gasteiger charge is -2.27. The molecule has 0 amide bonds. The van der Waals surface area contributed by atoms with Crippen molar-refractivity contribution in [2.75, 3.05) is 0 Å². The molecule has 0 fully saturated rings. The monoisotopic (exact) mass is 680 g/mol. The molecule has 0 spiro atoms. The predicted octanol–water partition coefficient (Wildman–Crippen LogP) is 14.6. The second-order valence-electron chi connectivity index (χ2n) is 15.2. The molecule has 1 heteroatoms. The molecule has 0 aliphatic heterocycles. The van der Waals surface area contributed by atoms with Gasteiger partial charge in [0.15, 0.2) is 0 Å². The van der Waals surface area contributed by atoms with Gasteiger partial charge in [-0.25, -0.2) is 0 Å². The normalized spacial score (nSPS) is 16.4. The van der Waals surface area contributed by atoms with Crippen LogP contribution in [0.5, 0.6) is 0 Å². The first kappa shape index (κ1) is 29.9. The average molecular weight is 681 g/mol. The summed E-state index contributed by atoms with van der Waals surface area (Å²) in [4.78, 5) is 0. The lowest BCUT2D eigenvalue weighted by atomic mass is 9.77. The second-order valence-corrected chi connectivity index (χ2v) is 16.2. The van der Waals surface area contributed by atoms with Crippen molar-refractivity contribution in [3.05, 3.63) is 186 Å². The van der Waals surface area contributed by atoms with E-state index in [9.17, 15) is 0 Å². The summed E-state index contributed by atoms with van der Waals surface area (Å²) in [5, 5.41) is 10.7. The number of fused-ring (bicyclic) bond motifs is 10. The molecule has 1 unspecified atom stereocenters. The highest BCUT2D eigenvalue weighted by atomic mass is 32.1. The summed E-state index contributed by atoms with van der Waals surface area (Å²) in [5.41, 5.74) is 12.3. The lowest BCUT2D eigenvalue weighted by molar-refractivity contribution is 0.656. The minimum atomic E-state index is -0.0593. The molecule has 2 aliphatic rings. The molecular formula is C51H36S. The predicted molar refractivity (Wildman–Crippen MR) is 226 cm³/mol. The molecule has 0 saturated carbocycles. The maximum absolute atomic E-state index is 2.58. The molecule has 0 N–H and O–H groups in total. The number of hydrogen-bond donors (Lipinski definition) is 0. The first-order valence-electron chi connectivity index (χ1n) is 18.5. The highest BCUT2D eigenvalue weighted by Gasteiger charge is 2.41. The molecule has 52 heavy (non-hydrogen) atoms. The third-order valence-corrected chi connectivity index (χ3v) is 13.1. The van der Waals surface area contributed by atoms with Crippen molar-refractivity contribution in [3.63, 3.8) is 0 Å². The van der Waals surface area contributed by atoms with Crippen LogP contribution < -0.4 is 0 Å². The summed E-state index contributed by atoms with van der Waals surface area (Å²) in [6.07, 6.45) is 6.14. The number of benzene rings is 8. The molecule has 0 bridgehead atoms. The first-order valence-corrected chi connectivity index (χ1v) is 19.3. The van der Waals surface area contributed by atoms with E-state index in [1.54, 1.807) is 0 Å². The van der Waals surface area contributed by atoms with E-state index in [0.29, 0.717) is 5.92 Å². The Bertz CT molecular complexity index is 2950. The molecule has 9 aromatic rings. The van der Waals surface area contributed by atoms with Gasteiger partial charge in [-0.3, -0.25) is 0 Å². The third-order valence-electron chi connectivity index (χ3n) is 11.9. The molecule has 2 aliphatic carbocycles. The molecule has 1 aromatic heterocycles. The van der Waals surface area contributed by atoms with Gasteiger partial charge in [0.05, 0.1) is 0 Å². The first-order chi connectivity index (χ1) is 25.5. The van der Waals surface area contributed by atoms with Crippen LogP contribution in [0.4, 0.5) is 0 Å². The third kappa shape index (κ3) is 4.27. The Kier molecular flexibility index (Phi) is 6.40. The SMILES string of the molecule is CC1(C)C2=CCC(c3cccc(-c4c5ccccc5c(-c5ccccc5)c5ccccc45)c3)C=C2c2ccc3cc4c(cc3c21)sc1ccccc14. The Morgan fingerprint density at radius 1 is 0.519 bits per heavy atom. The summed E-state index contributed by atoms with van der Waals surface area (Å²) in [7, 11) is 0. The zero-order valence-electron chi connectivity index (χ0n) is 29.3. The number of thiophene rings is 1. The van der Waals surface area contributed by atoms with Gasteiger partial charge in [-0.2, -0.15) is 0 Å². The number of rotatable bonds is 3. The highest BCUT2D eigenvalue weighted by molar-refractivity contribution is 7.25. The molecule has 11 rings (SSSR count). The van der Waals surface area contributed by atoms with Gasteiger partial charge in [0.2, 0.25) is 0 Å². The largest absolute Gasteiger partial charge is 0.135 e. The van der Waals surface area contributed by atoms with Crippen molar-refractivity contribution >= 4 is 69.4 Å². The van der Waals surface area contributed by atoms with Gasteiger partial charge < -0.3 is 0 Å². The van der Waals surface area contributed by atoms with Crippen molar-refractivity contribution in [1.82, 2.24) is 0 Å². The van der Waals surface area contributed by atoms with E-state index < -0.39 is 0 Å². The van der Waals surface area contributed by atoms with Crippen LogP contribution >= 0.6 is 11.3 Å². The van der Waals surface area contributed by atoms with Gasteiger partial charge >= 0.3 is 0 Å². The molecule has 246 valence electrons. The summed E-state index contributed by atoms with van der Waals surface area (Å²) in [5.74, 6) is 0.308. The summed E-state index contributed by atoms with van der Waals surface area (Å²) < 4.78 is 2.74. The fourth-order valence-electron chi connectivity index (χ4n) is 9.63. The highest BCUT2D eigenvalue weighted by Crippen LogP contribution is 2.56. The van der Waals surface area contributed by atoms with Crippen LogP contribution in [0.2, 0.25) is 0 Å². The molecule has 0 nitrogen and oxygen atoms in total. The summed E-state index contributed by atoms with van der Waals surface area (Å²) in [6.45, 7) is 4.87. The van der Waals surface area contributed by atoms with E-state index in [1.165, 1.54) is 103 Å². The standard InChI is InChI=1S/C51H36S/c1-51(2)45-26-24-33(28-43(45)41-25-23-34-29-44-36-17-10-11-22-46(36)52-47(44)30-42(34)50(41)51)32-15-12-16-35(27-32)49-39-20-8-6-18-37(39)48(31-13-4-3-5-14-31)38-19-7-9-21-40(38)49/h3-23,25-30,33H,24H2,1-2H3. The van der Waals surface area contributed by atoms with Crippen LogP contribution in [0.1, 0.15) is 42.9 Å². The summed E-state index contributed by atoms with van der Waals surface area (Å²) in [6, 6.07) is 56.7. The fourth-order valence-corrected chi connectivity index (χ4v) is 10.8. The van der Waals surface area contributed by atoms with Crippen LogP contribution in [0.3, 0.4) is 0 Å². The Hall–Kier alpha value is -5.76. The molecule has 1 heterocycles. The molecular weight excluding hydrogens is 645 g/mol. The maximum Gasteiger partial charge on any atom is 0.0361 e. The van der Waals surface area contributed by atoms with Crippen molar-refractivity contribution in [2.24, 2.45) is 0 Å². The topological polar surface area (TPSA) is 0 Å². The van der Waals surface area contributed by atoms with Gasteiger partial charge in [-0.1, -0.05) is 159 Å². The summed E-state index contributed by atoms with van der Waals surface area (Å²) >= 11 is 1.92. The molecule has 8 aromatic carbocycles. The molecule has 0 radical (unpaired) electrons. The van der Waals surface area contributed by atoms with Crippen molar-refractivity contribution in [2.45, 2.75) is 31.6 Å². The fraction of sp³-hybridized carbons (Fsp3) is 0.0980. The Labute approximate surface area is 308 Å². The van der Waals surface area contributed by atoms with Crippen LogP contribution in [-0.4, -0.2) is 0 Å². The second kappa shape index (κ2) is 11.1. The molecule has 0 saturated heterocycles. The van der Waals surface area contributed by atoms with Crippen LogP contribution in [0.15, 0.2) is 169 Å². The van der Waals surface area contributed by atoms with E-state index in [4.69, 9.17) is 0 Å². The van der Waals surface area contributed by atoms with Crippen molar-refractivity contribution in [3.8, 4) is 22.3 Å². The number of allylic oxidation sites excluding steroid dienone is 4. The average Bonchev–Trinajstić information content (AvgIpc) is 3.67. The van der Waals surface area contributed by atoms with Gasteiger partial charge in [0.1, 0.15) is 0 Å². The van der Waals surface area contributed by atoms with E-state index in [0.717, 1.165) is 6.42 Å². The maximum atomic E-state index is 2.58. The smallest absolute Gasteiger partial charge is 0.0361 e. The quantitative estimate of drug-likeness (QED) is 0.163. The van der Waals surface area contributed by atoms with E-state index in [1.807, 2.05) is 11.3 Å². The lowest BCUT2D eigenvalue weighted by Crippen LogP contribution is -2.17. The van der Waals surface area contributed by atoms with Gasteiger partial charge in [-0.15, -0.1) is 11.3 Å². The minimum absolute atomic E-state index is 0.0593. The van der Waals surface area contributed by atoms with E-state index in [2.05, 4.69) is 178 Å². The van der Waals surface area contributed by atoms with Gasteiger partial charge in [0, 0.05) is 31.5 Å². The molecule has 1 atom stereocenters. The van der Waals surface area contributed by atoms with Crippen LogP contribution in [0, 0.1) is 0 Å². The van der Waals surface area contributed by atoms with E-state index in [-0.39, 0.29) is 5.41 Å². The van der Waals surface area contributed by atoms with E-state index >= 15 is 0 Å². The Morgan fingerprint density at radius 3 is 1.88 bits per heavy atom. The zero-order chi connectivity index (χ0) is 34.6. The zero-order valence-corrected chi connectivity index (χ0v) is 30.1. The minimum Gasteiger partial charge on any atom is -0.135 e. The number of hydrogen-bond acceptors (Lipinski definition) is 1. The van der Waals surface area contributed by atoms with Crippen LogP contribution in [0.25, 0.3) is 80.3 Å². The van der Waals surface area contributed by atoms with Crippen LogP contribution in [-0.2, 0) is 5.41 Å². The Balaban J connectivity index is 1.06. The van der Waals surface area contributed by atoms with Gasteiger partial charge in [0.25, 0.3) is 0 Å². The van der Waals surface area contributed by atoms with Gasteiger partial charge in [-0.05, 0) is 107 Å². The Morgan fingerprint density at radius 2 is 1.15 bits per heavy atom. The van der Waals surface area contributed by atoms with Crippen molar-refractivity contribution < 1.29 is 0 Å². The van der Waals surface area contributed by atoms with Crippen molar-refractivity contribution in [1.29, 1.82) is 0 Å².